The van der Waals surface area contributed by atoms with Crippen LogP contribution >= 0.6 is 11.6 Å². The van der Waals surface area contributed by atoms with Crippen LogP contribution in [-0.4, -0.2) is 36.0 Å². The Balaban J connectivity index is 1.59. The molecule has 0 spiro atoms. The maximum absolute atomic E-state index is 13.0. The highest BCUT2D eigenvalue weighted by Gasteiger charge is 2.54. The van der Waals surface area contributed by atoms with E-state index in [0.29, 0.717) is 23.0 Å². The second-order valence-corrected chi connectivity index (χ2v) is 6.92. The van der Waals surface area contributed by atoms with Crippen LogP contribution in [0.4, 0.5) is 5.69 Å². The summed E-state index contributed by atoms with van der Waals surface area (Å²) in [4.78, 5) is 26.9. The average Bonchev–Trinajstić information content (AvgIpc) is 3.17. The van der Waals surface area contributed by atoms with E-state index in [2.05, 4.69) is 10.3 Å². The van der Waals surface area contributed by atoms with Gasteiger partial charge in [-0.2, -0.15) is 5.11 Å². The highest BCUT2D eigenvalue weighted by Crippen LogP contribution is 2.35. The fraction of sp³-hybridized carbons (Fsp3) is 0.263. The van der Waals surface area contributed by atoms with E-state index >= 15 is 0 Å². The van der Waals surface area contributed by atoms with Crippen molar-refractivity contribution in [2.75, 3.05) is 12.0 Å². The van der Waals surface area contributed by atoms with Crippen LogP contribution in [0.15, 0.2) is 52.8 Å². The summed E-state index contributed by atoms with van der Waals surface area (Å²) in [6.07, 6.45) is 0. The third-order valence-corrected chi connectivity index (χ3v) is 5.01. The normalized spacial score (nSPS) is 21.1. The molecule has 2 aliphatic heterocycles. The largest absolute Gasteiger partial charge is 0.495 e. The summed E-state index contributed by atoms with van der Waals surface area (Å²) >= 11 is 6.15. The Kier molecular flexibility index (Phi) is 4.31. The molecule has 0 radical (unpaired) electrons. The van der Waals surface area contributed by atoms with Crippen LogP contribution in [0, 0.1) is 6.92 Å². The number of methoxy groups -OCH3 is 1. The molecular weight excluding hydrogens is 368 g/mol. The van der Waals surface area contributed by atoms with Crippen molar-refractivity contribution in [3.8, 4) is 5.75 Å². The first-order valence-corrected chi connectivity index (χ1v) is 8.81. The Hall–Kier alpha value is -2.93. The van der Waals surface area contributed by atoms with Gasteiger partial charge in [-0.05, 0) is 30.7 Å². The highest BCUT2D eigenvalue weighted by atomic mass is 35.5. The summed E-state index contributed by atoms with van der Waals surface area (Å²) in [5, 5.41) is 9.99. The zero-order valence-electron chi connectivity index (χ0n) is 14.8. The molecule has 2 amide bonds. The number of anilines is 1. The van der Waals surface area contributed by atoms with Gasteiger partial charge in [0.25, 0.3) is 11.8 Å². The van der Waals surface area contributed by atoms with Gasteiger partial charge in [0.2, 0.25) is 0 Å². The summed E-state index contributed by atoms with van der Waals surface area (Å²) in [7, 11) is 1.50. The second kappa shape index (κ2) is 6.66. The van der Waals surface area contributed by atoms with Gasteiger partial charge in [-0.1, -0.05) is 46.7 Å². The molecule has 0 unspecified atom stereocenters. The Morgan fingerprint density at radius 2 is 1.85 bits per heavy atom. The quantitative estimate of drug-likeness (QED) is 0.759. The van der Waals surface area contributed by atoms with Gasteiger partial charge in [-0.3, -0.25) is 14.6 Å². The van der Waals surface area contributed by atoms with Crippen molar-refractivity contribution in [2.45, 2.75) is 25.6 Å². The molecule has 0 N–H and O–H groups in total. The number of amides is 2. The summed E-state index contributed by atoms with van der Waals surface area (Å²) in [5.41, 5.74) is 2.54. The zero-order valence-corrected chi connectivity index (χ0v) is 15.6. The van der Waals surface area contributed by atoms with Crippen LogP contribution in [-0.2, 0) is 16.1 Å². The topological polar surface area (TPSA) is 74.6 Å². The number of imide groups is 1. The van der Waals surface area contributed by atoms with E-state index in [1.54, 1.807) is 23.2 Å². The molecule has 27 heavy (non-hydrogen) atoms. The molecule has 7 nitrogen and oxygen atoms in total. The van der Waals surface area contributed by atoms with E-state index in [4.69, 9.17) is 16.3 Å². The number of nitrogens with zero attached hydrogens (tertiary/aromatic N) is 4. The number of benzene rings is 2. The minimum atomic E-state index is -0.830. The SMILES string of the molecule is COc1ccc(N2C(=O)[C@@H]3[C@@H](N=NN3Cc3ccc(C)cc3)C2=O)cc1Cl. The van der Waals surface area contributed by atoms with E-state index in [0.717, 1.165) is 16.0 Å². The molecule has 4 rings (SSSR count). The number of carbonyl (C=O) groups excluding carboxylic acids is 2. The Labute approximate surface area is 161 Å². The molecule has 2 atom stereocenters. The van der Waals surface area contributed by atoms with Crippen LogP contribution in [0.3, 0.4) is 0 Å². The summed E-state index contributed by atoms with van der Waals surface area (Å²) < 4.78 is 5.12. The second-order valence-electron chi connectivity index (χ2n) is 6.51. The van der Waals surface area contributed by atoms with Crippen LogP contribution in [0.25, 0.3) is 0 Å². The molecule has 2 aliphatic rings. The lowest BCUT2D eigenvalue weighted by molar-refractivity contribution is -0.123. The van der Waals surface area contributed by atoms with Crippen molar-refractivity contribution in [3.05, 3.63) is 58.6 Å². The molecule has 0 aromatic heterocycles. The number of carbonyl (C=O) groups is 2. The fourth-order valence-electron chi connectivity index (χ4n) is 3.28. The minimum absolute atomic E-state index is 0.325. The predicted molar refractivity (Wildman–Crippen MR) is 99.7 cm³/mol. The van der Waals surface area contributed by atoms with Gasteiger partial charge in [0.15, 0.2) is 12.1 Å². The molecule has 2 heterocycles. The van der Waals surface area contributed by atoms with E-state index in [-0.39, 0.29) is 5.91 Å². The minimum Gasteiger partial charge on any atom is -0.495 e. The number of hydrogen-bond acceptors (Lipinski definition) is 6. The van der Waals surface area contributed by atoms with E-state index < -0.39 is 18.0 Å². The number of ether oxygens (including phenoxy) is 1. The van der Waals surface area contributed by atoms with Crippen molar-refractivity contribution >= 4 is 29.1 Å². The Bertz CT molecular complexity index is 944. The molecule has 1 saturated heterocycles. The third-order valence-electron chi connectivity index (χ3n) is 4.72. The lowest BCUT2D eigenvalue weighted by Crippen LogP contribution is -2.39. The maximum atomic E-state index is 13.0. The molecular formula is C19H17ClN4O3. The van der Waals surface area contributed by atoms with E-state index in [1.165, 1.54) is 7.11 Å². The number of aryl methyl sites for hydroxylation is 1. The van der Waals surface area contributed by atoms with Crippen LogP contribution in [0.5, 0.6) is 5.75 Å². The fourth-order valence-corrected chi connectivity index (χ4v) is 3.54. The first-order valence-electron chi connectivity index (χ1n) is 8.44. The third kappa shape index (κ3) is 2.94. The van der Waals surface area contributed by atoms with Crippen molar-refractivity contribution in [2.24, 2.45) is 10.3 Å². The maximum Gasteiger partial charge on any atom is 0.263 e. The lowest BCUT2D eigenvalue weighted by atomic mass is 10.1. The monoisotopic (exact) mass is 384 g/mol. The summed E-state index contributed by atoms with van der Waals surface area (Å²) in [6.45, 7) is 2.41. The number of rotatable bonds is 4. The molecule has 0 bridgehead atoms. The van der Waals surface area contributed by atoms with Gasteiger partial charge in [0, 0.05) is 0 Å². The van der Waals surface area contributed by atoms with Gasteiger partial charge in [0.1, 0.15) is 5.75 Å². The highest BCUT2D eigenvalue weighted by molar-refractivity contribution is 6.33. The summed E-state index contributed by atoms with van der Waals surface area (Å²) in [5.74, 6) is -0.287. The number of halogens is 1. The van der Waals surface area contributed by atoms with Crippen molar-refractivity contribution in [1.29, 1.82) is 0 Å². The number of hydrogen-bond donors (Lipinski definition) is 0. The standard InChI is InChI=1S/C19H17ClN4O3/c1-11-3-5-12(6-4-11)10-23-17-16(21-22-23)18(25)24(19(17)26)13-7-8-15(27-2)14(20)9-13/h3-9,16-17H,10H2,1-2H3/t16-,17+/m1/s1. The van der Waals surface area contributed by atoms with E-state index in [1.807, 2.05) is 31.2 Å². The van der Waals surface area contributed by atoms with Crippen molar-refractivity contribution in [1.82, 2.24) is 5.01 Å². The number of fused-ring (bicyclic) bond motifs is 1. The molecule has 0 aliphatic carbocycles. The van der Waals surface area contributed by atoms with E-state index in [9.17, 15) is 9.59 Å². The van der Waals surface area contributed by atoms with Gasteiger partial charge in [-0.15, -0.1) is 0 Å². The zero-order chi connectivity index (χ0) is 19.1. The first kappa shape index (κ1) is 17.5. The Morgan fingerprint density at radius 3 is 2.52 bits per heavy atom. The molecule has 2 aromatic carbocycles. The molecule has 1 fully saturated rings. The van der Waals surface area contributed by atoms with Crippen molar-refractivity contribution in [3.63, 3.8) is 0 Å². The molecule has 0 saturated carbocycles. The van der Waals surface area contributed by atoms with Crippen LogP contribution in [0.1, 0.15) is 11.1 Å². The van der Waals surface area contributed by atoms with Gasteiger partial charge in [-0.25, -0.2) is 4.90 Å². The van der Waals surface area contributed by atoms with Gasteiger partial charge in [0.05, 0.1) is 24.4 Å². The smallest absolute Gasteiger partial charge is 0.263 e. The van der Waals surface area contributed by atoms with Crippen molar-refractivity contribution < 1.29 is 14.3 Å². The van der Waals surface area contributed by atoms with Gasteiger partial charge >= 0.3 is 0 Å². The van der Waals surface area contributed by atoms with Crippen LogP contribution in [0.2, 0.25) is 5.02 Å². The average molecular weight is 385 g/mol. The Morgan fingerprint density at radius 1 is 1.11 bits per heavy atom. The molecule has 138 valence electrons. The molecule has 8 heteroatoms. The first-order chi connectivity index (χ1) is 13.0. The van der Waals surface area contributed by atoms with Gasteiger partial charge < -0.3 is 4.74 Å². The summed E-state index contributed by atoms with van der Waals surface area (Å²) in [6, 6.07) is 11.2. The lowest BCUT2D eigenvalue weighted by Gasteiger charge is -2.21. The van der Waals surface area contributed by atoms with Crippen LogP contribution < -0.4 is 9.64 Å². The molecule has 2 aromatic rings. The predicted octanol–water partition coefficient (Wildman–Crippen LogP) is 3.15.